The first-order chi connectivity index (χ1) is 16.0. The first-order valence-corrected chi connectivity index (χ1v) is 11.6. The molecule has 2 N–H and O–H groups in total. The van der Waals surface area contributed by atoms with Gasteiger partial charge in [0.1, 0.15) is 11.6 Å². The van der Waals surface area contributed by atoms with Crippen molar-refractivity contribution in [3.05, 3.63) is 43.0 Å². The molecule has 0 aromatic carbocycles. The number of β-amino-alcohol motifs (C(OH)–C–C–N with tert-alkyl or cyclic N) is 1. The van der Waals surface area contributed by atoms with Gasteiger partial charge in [0.05, 0.1) is 24.2 Å². The molecule has 0 spiro atoms. The molecule has 0 unspecified atom stereocenters. The lowest BCUT2D eigenvalue weighted by Gasteiger charge is -2.33. The fourth-order valence-corrected chi connectivity index (χ4v) is 4.32. The molecule has 1 fully saturated rings. The van der Waals surface area contributed by atoms with Gasteiger partial charge in [-0.3, -0.25) is 4.68 Å². The highest BCUT2D eigenvalue weighted by atomic mass is 16.3. The van der Waals surface area contributed by atoms with Gasteiger partial charge < -0.3 is 15.3 Å². The molecular weight excluding hydrogens is 416 g/mol. The number of hydrogen-bond acceptors (Lipinski definition) is 7. The average molecular weight is 447 g/mol. The smallest absolute Gasteiger partial charge is 0.160 e. The number of hydrogen-bond donors (Lipinski definition) is 2. The molecule has 1 saturated heterocycles. The van der Waals surface area contributed by atoms with Gasteiger partial charge in [0.2, 0.25) is 0 Å². The Morgan fingerprint density at radius 2 is 2.03 bits per heavy atom. The van der Waals surface area contributed by atoms with Crippen LogP contribution in [0.1, 0.15) is 39.7 Å². The van der Waals surface area contributed by atoms with Crippen LogP contribution in [0.5, 0.6) is 0 Å². The maximum atomic E-state index is 10.3. The third-order valence-electron chi connectivity index (χ3n) is 6.10. The number of pyridine rings is 2. The summed E-state index contributed by atoms with van der Waals surface area (Å²) in [4.78, 5) is 11.7. The molecule has 0 saturated carbocycles. The third kappa shape index (κ3) is 4.28. The molecule has 1 atom stereocenters. The van der Waals surface area contributed by atoms with Crippen LogP contribution < -0.4 is 10.2 Å². The molecule has 33 heavy (non-hydrogen) atoms. The van der Waals surface area contributed by atoms with E-state index in [1.807, 2.05) is 46.2 Å². The van der Waals surface area contributed by atoms with Gasteiger partial charge in [0.25, 0.3) is 0 Å². The van der Waals surface area contributed by atoms with Crippen molar-refractivity contribution in [2.24, 2.45) is 0 Å². The predicted octanol–water partition coefficient (Wildman–Crippen LogP) is 4.00. The zero-order valence-electron chi connectivity index (χ0n) is 19.3. The summed E-state index contributed by atoms with van der Waals surface area (Å²) in [5.74, 6) is 1.43. The predicted molar refractivity (Wildman–Crippen MR) is 130 cm³/mol. The monoisotopic (exact) mass is 446 g/mol. The molecule has 1 aliphatic heterocycles. The summed E-state index contributed by atoms with van der Waals surface area (Å²) in [6.45, 7) is 8.53. The van der Waals surface area contributed by atoms with Crippen LogP contribution in [0.15, 0.2) is 43.0 Å². The number of aliphatic hydroxyl groups excluding tert-OH is 1. The highest BCUT2D eigenvalue weighted by Crippen LogP contribution is 2.34. The van der Waals surface area contributed by atoms with E-state index in [9.17, 15) is 5.11 Å². The maximum absolute atomic E-state index is 10.3. The van der Waals surface area contributed by atoms with E-state index in [2.05, 4.69) is 52.4 Å². The first kappa shape index (κ1) is 21.4. The van der Waals surface area contributed by atoms with E-state index in [1.165, 1.54) is 0 Å². The van der Waals surface area contributed by atoms with Crippen molar-refractivity contribution in [1.29, 1.82) is 0 Å². The normalized spacial score (nSPS) is 16.6. The van der Waals surface area contributed by atoms with Gasteiger partial charge in [-0.25, -0.2) is 14.6 Å². The second kappa shape index (κ2) is 8.82. The van der Waals surface area contributed by atoms with E-state index in [0.29, 0.717) is 12.4 Å². The second-order valence-corrected chi connectivity index (χ2v) is 8.83. The Hall–Kier alpha value is -3.46. The number of aromatic nitrogens is 6. The third-order valence-corrected chi connectivity index (χ3v) is 6.10. The Kier molecular flexibility index (Phi) is 5.72. The minimum atomic E-state index is -0.326. The molecule has 5 heterocycles. The zero-order chi connectivity index (χ0) is 22.9. The highest BCUT2D eigenvalue weighted by Gasteiger charge is 2.22. The van der Waals surface area contributed by atoms with Crippen LogP contribution in [-0.4, -0.2) is 53.8 Å². The van der Waals surface area contributed by atoms with Crippen molar-refractivity contribution in [1.82, 2.24) is 29.5 Å². The summed E-state index contributed by atoms with van der Waals surface area (Å²) in [6.07, 6.45) is 9.12. The van der Waals surface area contributed by atoms with Crippen LogP contribution in [-0.2, 0) is 6.54 Å². The number of piperidine rings is 1. The van der Waals surface area contributed by atoms with E-state index in [0.717, 1.165) is 59.6 Å². The Bertz CT molecular complexity index is 1260. The Labute approximate surface area is 193 Å². The van der Waals surface area contributed by atoms with E-state index in [1.54, 1.807) is 0 Å². The number of rotatable bonds is 6. The van der Waals surface area contributed by atoms with E-state index in [-0.39, 0.29) is 12.1 Å². The SMILES string of the molecule is CCn1ncc2ccc(Nc3cc(N4CCC[C@H](O)C4)c(-c4cnn(C(C)C)c4)cn3)nc21. The van der Waals surface area contributed by atoms with Gasteiger partial charge in [-0.15, -0.1) is 0 Å². The largest absolute Gasteiger partial charge is 0.391 e. The van der Waals surface area contributed by atoms with Crippen LogP contribution >= 0.6 is 0 Å². The summed E-state index contributed by atoms with van der Waals surface area (Å²) in [5, 5.41) is 23.6. The summed E-state index contributed by atoms with van der Waals surface area (Å²) in [5.41, 5.74) is 3.91. The number of nitrogens with one attached hydrogen (secondary N) is 1. The van der Waals surface area contributed by atoms with Gasteiger partial charge in [0, 0.05) is 60.6 Å². The van der Waals surface area contributed by atoms with Crippen molar-refractivity contribution in [2.45, 2.75) is 52.3 Å². The Morgan fingerprint density at radius 3 is 2.79 bits per heavy atom. The number of aryl methyl sites for hydroxylation is 1. The van der Waals surface area contributed by atoms with Gasteiger partial charge in [0.15, 0.2) is 5.65 Å². The van der Waals surface area contributed by atoms with Crippen LogP contribution in [0.25, 0.3) is 22.2 Å². The lowest BCUT2D eigenvalue weighted by Crippen LogP contribution is -2.38. The summed E-state index contributed by atoms with van der Waals surface area (Å²) in [7, 11) is 0. The summed E-state index contributed by atoms with van der Waals surface area (Å²) in [6, 6.07) is 6.28. The lowest BCUT2D eigenvalue weighted by atomic mass is 10.0. The second-order valence-electron chi connectivity index (χ2n) is 8.83. The van der Waals surface area contributed by atoms with Gasteiger partial charge >= 0.3 is 0 Å². The van der Waals surface area contributed by atoms with Crippen molar-refractivity contribution >= 4 is 28.4 Å². The van der Waals surface area contributed by atoms with Crippen molar-refractivity contribution < 1.29 is 5.11 Å². The summed E-state index contributed by atoms with van der Waals surface area (Å²) >= 11 is 0. The molecule has 0 amide bonds. The topological polar surface area (TPSA) is 96.9 Å². The average Bonchev–Trinajstić information content (AvgIpc) is 3.46. The van der Waals surface area contributed by atoms with Gasteiger partial charge in [-0.1, -0.05) is 0 Å². The molecule has 0 radical (unpaired) electrons. The van der Waals surface area contributed by atoms with Crippen LogP contribution in [0.4, 0.5) is 17.3 Å². The number of anilines is 3. The number of aliphatic hydroxyl groups is 1. The van der Waals surface area contributed by atoms with Crippen molar-refractivity contribution in [2.75, 3.05) is 23.3 Å². The standard InChI is InChI=1S/C24H30N8O/c1-4-31-24-17(11-26-31)7-8-22(29-24)28-23-10-21(30-9-5-6-19(33)15-30)20(13-25-23)18-12-27-32(14-18)16(2)3/h7-8,10-14,16,19,33H,4-6,9,15H2,1-3H3,(H,25,28,29)/t19-/m0/s1. The molecule has 1 aliphatic rings. The molecule has 0 aliphatic carbocycles. The lowest BCUT2D eigenvalue weighted by molar-refractivity contribution is 0.154. The van der Waals surface area contributed by atoms with Gasteiger partial charge in [-0.2, -0.15) is 10.2 Å². The fourth-order valence-electron chi connectivity index (χ4n) is 4.32. The quantitative estimate of drug-likeness (QED) is 0.462. The van der Waals surface area contributed by atoms with E-state index >= 15 is 0 Å². The van der Waals surface area contributed by atoms with Crippen LogP contribution in [0.2, 0.25) is 0 Å². The number of fused-ring (bicyclic) bond motifs is 1. The first-order valence-electron chi connectivity index (χ1n) is 11.6. The van der Waals surface area contributed by atoms with E-state index in [4.69, 9.17) is 4.98 Å². The molecular formula is C24H30N8O. The van der Waals surface area contributed by atoms with Crippen LogP contribution in [0.3, 0.4) is 0 Å². The van der Waals surface area contributed by atoms with Crippen molar-refractivity contribution in [3.8, 4) is 11.1 Å². The van der Waals surface area contributed by atoms with Crippen molar-refractivity contribution in [3.63, 3.8) is 0 Å². The highest BCUT2D eigenvalue weighted by molar-refractivity contribution is 5.81. The molecule has 172 valence electrons. The molecule has 9 heteroatoms. The minimum Gasteiger partial charge on any atom is -0.391 e. The molecule has 4 aromatic heterocycles. The minimum absolute atomic E-state index is 0.283. The number of nitrogens with zero attached hydrogens (tertiary/aromatic N) is 7. The molecule has 0 bridgehead atoms. The molecule has 4 aromatic rings. The Balaban J connectivity index is 1.51. The zero-order valence-corrected chi connectivity index (χ0v) is 19.3. The fraction of sp³-hybridized carbons (Fsp3) is 0.417. The molecule has 5 rings (SSSR count). The summed E-state index contributed by atoms with van der Waals surface area (Å²) < 4.78 is 3.83. The molecule has 9 nitrogen and oxygen atoms in total. The van der Waals surface area contributed by atoms with E-state index < -0.39 is 0 Å². The van der Waals surface area contributed by atoms with Crippen LogP contribution in [0, 0.1) is 0 Å². The Morgan fingerprint density at radius 1 is 1.15 bits per heavy atom. The van der Waals surface area contributed by atoms with Gasteiger partial charge in [-0.05, 0) is 45.7 Å². The maximum Gasteiger partial charge on any atom is 0.160 e.